The van der Waals surface area contributed by atoms with E-state index < -0.39 is 32.5 Å². The summed E-state index contributed by atoms with van der Waals surface area (Å²) in [6.07, 6.45) is 9.95. The third-order valence-corrected chi connectivity index (χ3v) is 10.4. The minimum absolute atomic E-state index is 0.00278. The Balaban J connectivity index is 1.22. The number of hydrogen-bond acceptors (Lipinski definition) is 9. The number of phosphoric acid groups is 1. The smallest absolute Gasteiger partial charge is 0.462 e. The van der Waals surface area contributed by atoms with Gasteiger partial charge in [-0.05, 0) is 83.0 Å². The molecule has 9 nitrogen and oxygen atoms in total. The third kappa shape index (κ3) is 16.8. The number of quaternary nitrogens is 1. The predicted molar refractivity (Wildman–Crippen MR) is 211 cm³/mol. The zero-order valence-electron chi connectivity index (χ0n) is 30.1. The van der Waals surface area contributed by atoms with Crippen LogP contribution in [0.3, 0.4) is 0 Å². The van der Waals surface area contributed by atoms with E-state index in [1.807, 2.05) is 92.6 Å². The number of nitrogens with zero attached hydrogens (tertiary/aromatic N) is 1. The van der Waals surface area contributed by atoms with Crippen molar-refractivity contribution >= 4 is 66.7 Å². The van der Waals surface area contributed by atoms with Crippen LogP contribution in [0.5, 0.6) is 0 Å². The van der Waals surface area contributed by atoms with E-state index >= 15 is 0 Å². The summed E-state index contributed by atoms with van der Waals surface area (Å²) in [4.78, 5) is 38.0. The van der Waals surface area contributed by atoms with Crippen molar-refractivity contribution in [3.63, 3.8) is 0 Å². The SMILES string of the molecule is C[N+](C)(C)CCOP(=O)(O)OC[C@@H](COC(=O)CCCc1ccc(/C=C/c2cccs2)cc1)OC(=O)CCCc1ccc(/C=C/c2cccs2)cc1. The van der Waals surface area contributed by atoms with Crippen LogP contribution < -0.4 is 0 Å². The number of esters is 2. The Morgan fingerprint density at radius 1 is 0.731 bits per heavy atom. The summed E-state index contributed by atoms with van der Waals surface area (Å²) >= 11 is 3.37. The van der Waals surface area contributed by atoms with Gasteiger partial charge in [0, 0.05) is 22.6 Å². The highest BCUT2D eigenvalue weighted by atomic mass is 32.1. The number of hydrogen-bond donors (Lipinski definition) is 1. The Morgan fingerprint density at radius 2 is 1.25 bits per heavy atom. The zero-order valence-corrected chi connectivity index (χ0v) is 32.6. The van der Waals surface area contributed by atoms with Gasteiger partial charge in [-0.1, -0.05) is 72.8 Å². The van der Waals surface area contributed by atoms with Crippen LogP contribution in [0.25, 0.3) is 24.3 Å². The molecule has 0 amide bonds. The number of benzene rings is 2. The largest absolute Gasteiger partial charge is 0.472 e. The molecule has 2 heterocycles. The molecule has 2 atom stereocenters. The molecule has 0 aliphatic heterocycles. The Hall–Kier alpha value is -3.67. The molecule has 4 rings (SSSR count). The lowest BCUT2D eigenvalue weighted by atomic mass is 10.1. The average molecular weight is 767 g/mol. The van der Waals surface area contributed by atoms with E-state index in [0.29, 0.717) is 36.7 Å². The number of thiophene rings is 2. The summed E-state index contributed by atoms with van der Waals surface area (Å²) in [5.41, 5.74) is 4.37. The van der Waals surface area contributed by atoms with E-state index in [9.17, 15) is 19.0 Å². The first-order valence-corrected chi connectivity index (χ1v) is 20.6. The molecule has 12 heteroatoms. The Labute approximate surface area is 315 Å². The molecule has 0 aliphatic carbocycles. The molecule has 0 radical (unpaired) electrons. The van der Waals surface area contributed by atoms with E-state index in [1.54, 1.807) is 22.7 Å². The molecule has 0 bridgehead atoms. The van der Waals surface area contributed by atoms with Crippen LogP contribution in [0, 0.1) is 0 Å². The van der Waals surface area contributed by atoms with E-state index in [0.717, 1.165) is 22.3 Å². The van der Waals surface area contributed by atoms with Gasteiger partial charge in [-0.15, -0.1) is 22.7 Å². The molecular formula is C40H49NO8PS2+. The van der Waals surface area contributed by atoms with Gasteiger partial charge in [0.1, 0.15) is 19.8 Å². The van der Waals surface area contributed by atoms with Gasteiger partial charge in [-0.25, -0.2) is 4.57 Å². The molecule has 278 valence electrons. The van der Waals surface area contributed by atoms with Gasteiger partial charge in [-0.2, -0.15) is 0 Å². The maximum absolute atomic E-state index is 12.8. The fourth-order valence-electron chi connectivity index (χ4n) is 4.86. The Kier molecular flexibility index (Phi) is 16.7. The van der Waals surface area contributed by atoms with E-state index in [-0.39, 0.29) is 26.1 Å². The Morgan fingerprint density at radius 3 is 1.73 bits per heavy atom. The molecule has 1 N–H and O–H groups in total. The summed E-state index contributed by atoms with van der Waals surface area (Å²) in [5.74, 6) is -0.982. The lowest BCUT2D eigenvalue weighted by Crippen LogP contribution is -2.37. The molecule has 2 aromatic heterocycles. The Bertz CT molecular complexity index is 1750. The van der Waals surface area contributed by atoms with Crippen LogP contribution in [0.1, 0.15) is 57.7 Å². The summed E-state index contributed by atoms with van der Waals surface area (Å²) < 4.78 is 34.3. The molecule has 0 fully saturated rings. The summed E-state index contributed by atoms with van der Waals surface area (Å²) in [6, 6.07) is 24.5. The number of rotatable bonds is 22. The lowest BCUT2D eigenvalue weighted by molar-refractivity contribution is -0.870. The topological polar surface area (TPSA) is 108 Å². The summed E-state index contributed by atoms with van der Waals surface area (Å²) in [6.45, 7) is -0.299. The quantitative estimate of drug-likeness (QED) is 0.0481. The molecule has 0 spiro atoms. The first-order chi connectivity index (χ1) is 24.9. The number of aryl methyl sites for hydroxylation is 2. The monoisotopic (exact) mass is 766 g/mol. The molecular weight excluding hydrogens is 718 g/mol. The molecule has 1 unspecified atom stereocenters. The lowest BCUT2D eigenvalue weighted by Gasteiger charge is -2.24. The summed E-state index contributed by atoms with van der Waals surface area (Å²) in [5, 5.41) is 4.08. The number of likely N-dealkylation sites (N-methyl/N-ethyl adjacent to an activating group) is 1. The third-order valence-electron chi connectivity index (χ3n) is 7.79. The second-order valence-electron chi connectivity index (χ2n) is 13.3. The van der Waals surface area contributed by atoms with Crippen LogP contribution in [-0.2, 0) is 45.5 Å². The number of phosphoric ester groups is 1. The molecule has 0 aliphatic rings. The van der Waals surface area contributed by atoms with Crippen LogP contribution in [-0.4, -0.2) is 74.9 Å². The van der Waals surface area contributed by atoms with Crippen molar-refractivity contribution in [2.24, 2.45) is 0 Å². The maximum atomic E-state index is 12.8. The van der Waals surface area contributed by atoms with Crippen LogP contribution in [0.2, 0.25) is 0 Å². The first-order valence-electron chi connectivity index (χ1n) is 17.3. The van der Waals surface area contributed by atoms with Gasteiger partial charge in [-0.3, -0.25) is 18.6 Å². The predicted octanol–water partition coefficient (Wildman–Crippen LogP) is 8.79. The van der Waals surface area contributed by atoms with Gasteiger partial charge in [0.15, 0.2) is 6.10 Å². The van der Waals surface area contributed by atoms with Crippen molar-refractivity contribution in [3.05, 3.63) is 116 Å². The highest BCUT2D eigenvalue weighted by molar-refractivity contribution is 7.47. The molecule has 0 saturated heterocycles. The van der Waals surface area contributed by atoms with Gasteiger partial charge in [0.2, 0.25) is 0 Å². The standard InChI is InChI=1S/C40H48NO8PS2/c1-41(2,3)26-27-47-50(44,45)48-31-36(49-40(43)13-5-9-33-16-20-35(21-17-33)23-25-38-11-7-29-52-38)30-46-39(42)12-4-8-32-14-18-34(19-15-32)22-24-37-10-6-28-51-37/h6-7,10-11,14-25,28-29,36H,4-5,8-9,12-13,26-27,30-31H2,1-3H3/p+1/b24-22+,25-23+/t36-/m1/s1. The van der Waals surface area contributed by atoms with Crippen molar-refractivity contribution in [1.29, 1.82) is 0 Å². The molecule has 4 aromatic rings. The van der Waals surface area contributed by atoms with E-state index in [4.69, 9.17) is 18.5 Å². The second kappa shape index (κ2) is 21.1. The first kappa shape index (κ1) is 41.1. The highest BCUT2D eigenvalue weighted by Gasteiger charge is 2.27. The molecule has 2 aromatic carbocycles. The van der Waals surface area contributed by atoms with E-state index in [2.05, 4.69) is 36.4 Å². The number of carbonyl (C=O) groups is 2. The fraction of sp³-hybridized carbons (Fsp3) is 0.350. The van der Waals surface area contributed by atoms with Crippen molar-refractivity contribution < 1.29 is 42.1 Å². The average Bonchev–Trinajstić information content (AvgIpc) is 3.83. The van der Waals surface area contributed by atoms with Crippen LogP contribution in [0.4, 0.5) is 0 Å². The molecule has 52 heavy (non-hydrogen) atoms. The highest BCUT2D eigenvalue weighted by Crippen LogP contribution is 2.43. The molecule has 0 saturated carbocycles. The minimum Gasteiger partial charge on any atom is -0.462 e. The normalized spacial score (nSPS) is 13.7. The minimum atomic E-state index is -4.43. The van der Waals surface area contributed by atoms with Crippen molar-refractivity contribution in [3.8, 4) is 0 Å². The van der Waals surface area contributed by atoms with E-state index in [1.165, 1.54) is 9.75 Å². The van der Waals surface area contributed by atoms with Gasteiger partial charge >= 0.3 is 19.8 Å². The van der Waals surface area contributed by atoms with Crippen LogP contribution >= 0.6 is 30.5 Å². The van der Waals surface area contributed by atoms with Crippen molar-refractivity contribution in [2.45, 2.75) is 44.6 Å². The number of ether oxygens (including phenoxy) is 2. The maximum Gasteiger partial charge on any atom is 0.472 e. The van der Waals surface area contributed by atoms with Crippen molar-refractivity contribution in [2.75, 3.05) is 47.5 Å². The fourth-order valence-corrected chi connectivity index (χ4v) is 6.83. The zero-order chi connectivity index (χ0) is 37.2. The van der Waals surface area contributed by atoms with Crippen LogP contribution in [0.15, 0.2) is 83.6 Å². The second-order valence-corrected chi connectivity index (χ2v) is 16.7. The van der Waals surface area contributed by atoms with Crippen molar-refractivity contribution in [1.82, 2.24) is 0 Å². The number of carbonyl (C=O) groups excluding carboxylic acids is 2. The summed E-state index contributed by atoms with van der Waals surface area (Å²) in [7, 11) is 1.36. The van der Waals surface area contributed by atoms with Gasteiger partial charge in [0.05, 0.1) is 27.7 Å². The van der Waals surface area contributed by atoms with Gasteiger partial charge in [0.25, 0.3) is 0 Å². The van der Waals surface area contributed by atoms with Gasteiger partial charge < -0.3 is 18.9 Å².